The Bertz CT molecular complexity index is 695. The van der Waals surface area contributed by atoms with Crippen LogP contribution in [0.5, 0.6) is 0 Å². The van der Waals surface area contributed by atoms with Crippen LogP contribution in [0.15, 0.2) is 67.3 Å². The molecule has 2 saturated carbocycles. The molecular weight excluding hydrogens is 324 g/mol. The highest BCUT2D eigenvalue weighted by Crippen LogP contribution is 2.44. The van der Waals surface area contributed by atoms with Gasteiger partial charge in [0.25, 0.3) is 0 Å². The first-order valence-corrected chi connectivity index (χ1v) is 11.1. The molecule has 0 N–H and O–H groups in total. The predicted octanol–water partition coefficient (Wildman–Crippen LogP) is 8.01. The minimum atomic E-state index is 0.781. The second-order valence-electron chi connectivity index (χ2n) is 8.90. The number of hydrogen-bond donors (Lipinski definition) is 0. The SMILES string of the molecule is C=CCC1CCC(C2CCC(c3ccc(-c4ccccc4)cc3)CC2)CC1. The highest BCUT2D eigenvalue weighted by Gasteiger charge is 2.30. The van der Waals surface area contributed by atoms with Gasteiger partial charge in [-0.1, -0.05) is 60.7 Å². The molecule has 27 heavy (non-hydrogen) atoms. The summed E-state index contributed by atoms with van der Waals surface area (Å²) >= 11 is 0. The largest absolute Gasteiger partial charge is 0.103 e. The summed E-state index contributed by atoms with van der Waals surface area (Å²) in [5.41, 5.74) is 4.21. The van der Waals surface area contributed by atoms with Crippen LogP contribution in [0.1, 0.15) is 69.3 Å². The second kappa shape index (κ2) is 8.91. The second-order valence-corrected chi connectivity index (χ2v) is 8.90. The number of benzene rings is 2. The van der Waals surface area contributed by atoms with E-state index < -0.39 is 0 Å². The molecular formula is C27H34. The van der Waals surface area contributed by atoms with Crippen molar-refractivity contribution in [1.82, 2.24) is 0 Å². The maximum Gasteiger partial charge on any atom is -0.0162 e. The van der Waals surface area contributed by atoms with E-state index in [0.29, 0.717) is 0 Å². The standard InChI is InChI=1S/C27H34/c1-2-6-21-9-11-23(12-10-21)25-17-19-27(20-18-25)26-15-13-24(14-16-26)22-7-4-3-5-8-22/h2-5,7-8,13-16,21,23,25,27H,1,6,9-12,17-20H2. The lowest BCUT2D eigenvalue weighted by atomic mass is 9.68. The molecule has 2 aromatic carbocycles. The summed E-state index contributed by atoms with van der Waals surface area (Å²) in [4.78, 5) is 0. The van der Waals surface area contributed by atoms with Crippen molar-refractivity contribution in [2.24, 2.45) is 17.8 Å². The molecule has 0 aromatic heterocycles. The van der Waals surface area contributed by atoms with Gasteiger partial charge in [-0.3, -0.25) is 0 Å². The fourth-order valence-electron chi connectivity index (χ4n) is 5.63. The van der Waals surface area contributed by atoms with Gasteiger partial charge >= 0.3 is 0 Å². The first kappa shape index (κ1) is 18.5. The van der Waals surface area contributed by atoms with E-state index in [-0.39, 0.29) is 0 Å². The van der Waals surface area contributed by atoms with Gasteiger partial charge in [0.2, 0.25) is 0 Å². The van der Waals surface area contributed by atoms with E-state index in [2.05, 4.69) is 67.3 Å². The Morgan fingerprint density at radius 1 is 0.667 bits per heavy atom. The van der Waals surface area contributed by atoms with Gasteiger partial charge in [0.1, 0.15) is 0 Å². The monoisotopic (exact) mass is 358 g/mol. The van der Waals surface area contributed by atoms with Crippen LogP contribution in [0, 0.1) is 17.8 Å². The molecule has 0 saturated heterocycles. The summed E-state index contributed by atoms with van der Waals surface area (Å²) in [5, 5.41) is 0. The maximum absolute atomic E-state index is 3.92. The van der Waals surface area contributed by atoms with Crippen molar-refractivity contribution < 1.29 is 0 Å². The molecule has 0 spiro atoms. The Balaban J connectivity index is 1.30. The van der Waals surface area contributed by atoms with Gasteiger partial charge in [-0.25, -0.2) is 0 Å². The third kappa shape index (κ3) is 4.54. The Hall–Kier alpha value is -1.82. The third-order valence-electron chi connectivity index (χ3n) is 7.32. The predicted molar refractivity (Wildman–Crippen MR) is 117 cm³/mol. The van der Waals surface area contributed by atoms with Crippen LogP contribution in [0.2, 0.25) is 0 Å². The van der Waals surface area contributed by atoms with E-state index in [4.69, 9.17) is 0 Å². The average molecular weight is 359 g/mol. The van der Waals surface area contributed by atoms with Crippen LogP contribution in [-0.4, -0.2) is 0 Å². The Labute approximate surface area is 165 Å². The molecule has 2 fully saturated rings. The molecule has 0 unspecified atom stereocenters. The summed E-state index contributed by atoms with van der Waals surface area (Å²) in [6.07, 6.45) is 14.9. The summed E-state index contributed by atoms with van der Waals surface area (Å²) in [7, 11) is 0. The molecule has 0 heterocycles. The highest BCUT2D eigenvalue weighted by molar-refractivity contribution is 5.63. The van der Waals surface area contributed by atoms with E-state index in [1.54, 1.807) is 5.56 Å². The molecule has 0 amide bonds. The van der Waals surface area contributed by atoms with Crippen molar-refractivity contribution in [3.05, 3.63) is 72.8 Å². The topological polar surface area (TPSA) is 0 Å². The van der Waals surface area contributed by atoms with Gasteiger partial charge in [-0.15, -0.1) is 6.58 Å². The van der Waals surface area contributed by atoms with Crippen molar-refractivity contribution in [2.75, 3.05) is 0 Å². The zero-order valence-electron chi connectivity index (χ0n) is 16.7. The first-order chi connectivity index (χ1) is 13.3. The number of hydrogen-bond acceptors (Lipinski definition) is 0. The minimum absolute atomic E-state index is 0.781. The maximum atomic E-state index is 3.92. The molecule has 0 radical (unpaired) electrons. The summed E-state index contributed by atoms with van der Waals surface area (Å²) in [6.45, 7) is 3.92. The zero-order chi connectivity index (χ0) is 18.5. The van der Waals surface area contributed by atoms with Gasteiger partial charge in [-0.05, 0) is 98.1 Å². The normalized spacial score (nSPS) is 28.6. The quantitative estimate of drug-likeness (QED) is 0.475. The molecule has 4 rings (SSSR count). The average Bonchev–Trinajstić information content (AvgIpc) is 2.75. The lowest BCUT2D eigenvalue weighted by Gasteiger charge is -2.38. The van der Waals surface area contributed by atoms with Crippen molar-refractivity contribution in [1.29, 1.82) is 0 Å². The molecule has 0 atom stereocenters. The Morgan fingerprint density at radius 3 is 1.81 bits per heavy atom. The minimum Gasteiger partial charge on any atom is -0.103 e. The highest BCUT2D eigenvalue weighted by atomic mass is 14.4. The third-order valence-corrected chi connectivity index (χ3v) is 7.32. The van der Waals surface area contributed by atoms with Crippen molar-refractivity contribution in [3.8, 4) is 11.1 Å². The fourth-order valence-corrected chi connectivity index (χ4v) is 5.63. The van der Waals surface area contributed by atoms with Gasteiger partial charge in [0.15, 0.2) is 0 Å². The van der Waals surface area contributed by atoms with E-state index in [1.807, 2.05) is 0 Å². The number of rotatable bonds is 5. The molecule has 142 valence electrons. The van der Waals surface area contributed by atoms with E-state index in [1.165, 1.54) is 68.9 Å². The molecule has 2 aromatic rings. The van der Waals surface area contributed by atoms with Crippen molar-refractivity contribution in [2.45, 2.75) is 63.7 Å². The summed E-state index contributed by atoms with van der Waals surface area (Å²) in [6, 6.07) is 20.1. The van der Waals surface area contributed by atoms with Gasteiger partial charge in [-0.2, -0.15) is 0 Å². The van der Waals surface area contributed by atoms with Crippen LogP contribution < -0.4 is 0 Å². The van der Waals surface area contributed by atoms with Crippen molar-refractivity contribution >= 4 is 0 Å². The zero-order valence-corrected chi connectivity index (χ0v) is 16.7. The van der Waals surface area contributed by atoms with Crippen LogP contribution in [0.25, 0.3) is 11.1 Å². The molecule has 2 aliphatic carbocycles. The lowest BCUT2D eigenvalue weighted by molar-refractivity contribution is 0.161. The Kier molecular flexibility index (Phi) is 6.12. The first-order valence-electron chi connectivity index (χ1n) is 11.1. The van der Waals surface area contributed by atoms with Crippen LogP contribution in [-0.2, 0) is 0 Å². The van der Waals surface area contributed by atoms with Crippen LogP contribution in [0.4, 0.5) is 0 Å². The lowest BCUT2D eigenvalue weighted by Crippen LogP contribution is -2.25. The van der Waals surface area contributed by atoms with Gasteiger partial charge in [0.05, 0.1) is 0 Å². The van der Waals surface area contributed by atoms with Crippen LogP contribution in [0.3, 0.4) is 0 Å². The van der Waals surface area contributed by atoms with Crippen LogP contribution >= 0.6 is 0 Å². The van der Waals surface area contributed by atoms with Gasteiger partial charge in [0, 0.05) is 0 Å². The molecule has 0 heteroatoms. The van der Waals surface area contributed by atoms with E-state index in [9.17, 15) is 0 Å². The molecule has 0 bridgehead atoms. The molecule has 0 aliphatic heterocycles. The van der Waals surface area contributed by atoms with Crippen molar-refractivity contribution in [3.63, 3.8) is 0 Å². The van der Waals surface area contributed by atoms with Gasteiger partial charge < -0.3 is 0 Å². The Morgan fingerprint density at radius 2 is 1.22 bits per heavy atom. The molecule has 0 nitrogen and oxygen atoms in total. The summed E-state index contributed by atoms with van der Waals surface area (Å²) in [5.74, 6) is 3.71. The van der Waals surface area contributed by atoms with E-state index >= 15 is 0 Å². The van der Waals surface area contributed by atoms with E-state index in [0.717, 1.165) is 23.7 Å². The summed E-state index contributed by atoms with van der Waals surface area (Å²) < 4.78 is 0. The fraction of sp³-hybridized carbons (Fsp3) is 0.481. The smallest absolute Gasteiger partial charge is 0.0162 e. The molecule has 2 aliphatic rings. The number of allylic oxidation sites excluding steroid dienone is 1.